The second kappa shape index (κ2) is 6.73. The molecule has 0 aliphatic carbocycles. The third kappa shape index (κ3) is 3.15. The minimum absolute atomic E-state index is 0.0190. The molecule has 2 aliphatic rings. The van der Waals surface area contributed by atoms with E-state index in [1.807, 2.05) is 4.90 Å². The fourth-order valence-electron chi connectivity index (χ4n) is 3.11. The molecule has 128 valence electrons. The molecule has 0 radical (unpaired) electrons. The Morgan fingerprint density at radius 2 is 1.58 bits per heavy atom. The Morgan fingerprint density at radius 1 is 1.08 bits per heavy atom. The average Bonchev–Trinajstić information content (AvgIpc) is 2.78. The highest BCUT2D eigenvalue weighted by atomic mass is 35.5. The van der Waals surface area contributed by atoms with Crippen LogP contribution in [0.1, 0.15) is 46.9 Å². The van der Waals surface area contributed by atoms with Crippen molar-refractivity contribution in [1.29, 1.82) is 0 Å². The van der Waals surface area contributed by atoms with Crippen molar-refractivity contribution in [2.24, 2.45) is 5.92 Å². The number of imide groups is 1. The van der Waals surface area contributed by atoms with E-state index >= 15 is 0 Å². The lowest BCUT2D eigenvalue weighted by molar-refractivity contribution is -0.132. The topological polar surface area (TPSA) is 57.7 Å². The molecule has 1 saturated heterocycles. The van der Waals surface area contributed by atoms with Crippen molar-refractivity contribution in [3.05, 3.63) is 33.3 Å². The highest BCUT2D eigenvalue weighted by Crippen LogP contribution is 2.31. The van der Waals surface area contributed by atoms with Crippen molar-refractivity contribution in [1.82, 2.24) is 9.80 Å². The van der Waals surface area contributed by atoms with Gasteiger partial charge in [0.1, 0.15) is 0 Å². The van der Waals surface area contributed by atoms with Crippen LogP contribution in [-0.4, -0.2) is 47.2 Å². The Kier molecular flexibility index (Phi) is 4.83. The molecular weight excluding hydrogens is 351 g/mol. The van der Waals surface area contributed by atoms with Crippen molar-refractivity contribution in [3.63, 3.8) is 0 Å². The van der Waals surface area contributed by atoms with Crippen LogP contribution < -0.4 is 0 Å². The Labute approximate surface area is 150 Å². The molecule has 2 aliphatic heterocycles. The molecule has 0 atom stereocenters. The van der Waals surface area contributed by atoms with Crippen LogP contribution in [0.4, 0.5) is 0 Å². The lowest BCUT2D eigenvalue weighted by atomic mass is 9.99. The van der Waals surface area contributed by atoms with Gasteiger partial charge in [0.05, 0.1) is 21.2 Å². The number of hydrogen-bond donors (Lipinski definition) is 0. The zero-order valence-electron chi connectivity index (χ0n) is 13.3. The predicted molar refractivity (Wildman–Crippen MR) is 91.4 cm³/mol. The molecule has 0 N–H and O–H groups in total. The number of rotatable bonds is 3. The Hall–Kier alpha value is -1.59. The molecule has 5 nitrogen and oxygen atoms in total. The van der Waals surface area contributed by atoms with Gasteiger partial charge in [0.25, 0.3) is 11.8 Å². The number of benzene rings is 1. The van der Waals surface area contributed by atoms with Gasteiger partial charge in [-0.25, -0.2) is 0 Å². The van der Waals surface area contributed by atoms with Gasteiger partial charge >= 0.3 is 0 Å². The van der Waals surface area contributed by atoms with Gasteiger partial charge in [-0.05, 0) is 30.9 Å². The van der Waals surface area contributed by atoms with Gasteiger partial charge in [-0.15, -0.1) is 0 Å². The van der Waals surface area contributed by atoms with Gasteiger partial charge in [-0.3, -0.25) is 19.3 Å². The molecule has 0 bridgehead atoms. The third-order valence-electron chi connectivity index (χ3n) is 4.70. The van der Waals surface area contributed by atoms with Crippen LogP contribution in [0.3, 0.4) is 0 Å². The number of likely N-dealkylation sites (tertiary alicyclic amines) is 1. The molecule has 3 amide bonds. The van der Waals surface area contributed by atoms with E-state index in [9.17, 15) is 14.4 Å². The van der Waals surface area contributed by atoms with Crippen LogP contribution in [0, 0.1) is 5.92 Å². The summed E-state index contributed by atoms with van der Waals surface area (Å²) in [5, 5.41) is 0.467. The van der Waals surface area contributed by atoms with Gasteiger partial charge in [0.15, 0.2) is 0 Å². The summed E-state index contributed by atoms with van der Waals surface area (Å²) in [6.45, 7) is 3.74. The minimum Gasteiger partial charge on any atom is -0.343 e. The Bertz CT molecular complexity index is 671. The minimum atomic E-state index is -0.423. The van der Waals surface area contributed by atoms with Crippen LogP contribution in [0.5, 0.6) is 0 Å². The summed E-state index contributed by atoms with van der Waals surface area (Å²) in [5.74, 6) is -0.225. The summed E-state index contributed by atoms with van der Waals surface area (Å²) < 4.78 is 0. The molecule has 0 aromatic heterocycles. The maximum absolute atomic E-state index is 12.4. The normalized spacial score (nSPS) is 18.3. The molecule has 0 spiro atoms. The van der Waals surface area contributed by atoms with E-state index in [0.29, 0.717) is 5.92 Å². The summed E-state index contributed by atoms with van der Waals surface area (Å²) >= 11 is 11.8. The highest BCUT2D eigenvalue weighted by Gasteiger charge is 2.36. The zero-order chi connectivity index (χ0) is 17.4. The first-order valence-corrected chi connectivity index (χ1v) is 8.77. The van der Waals surface area contributed by atoms with E-state index < -0.39 is 11.8 Å². The first-order valence-electron chi connectivity index (χ1n) is 8.01. The number of hydrogen-bond acceptors (Lipinski definition) is 3. The number of carbonyl (C=O) groups is 3. The number of amides is 3. The molecule has 0 saturated carbocycles. The van der Waals surface area contributed by atoms with Crippen molar-refractivity contribution < 1.29 is 14.4 Å². The van der Waals surface area contributed by atoms with E-state index in [2.05, 4.69) is 6.92 Å². The molecule has 2 heterocycles. The monoisotopic (exact) mass is 368 g/mol. The largest absolute Gasteiger partial charge is 0.343 e. The number of nitrogens with zero attached hydrogens (tertiary/aromatic N) is 2. The van der Waals surface area contributed by atoms with Gasteiger partial charge in [-0.2, -0.15) is 0 Å². The maximum atomic E-state index is 12.4. The van der Waals surface area contributed by atoms with E-state index in [1.165, 1.54) is 12.1 Å². The quantitative estimate of drug-likeness (QED) is 0.769. The summed E-state index contributed by atoms with van der Waals surface area (Å²) in [7, 11) is 0. The number of fused-ring (bicyclic) bond motifs is 1. The highest BCUT2D eigenvalue weighted by molar-refractivity contribution is 6.43. The summed E-state index contributed by atoms with van der Waals surface area (Å²) in [6.07, 6.45) is 2.13. The van der Waals surface area contributed by atoms with Gasteiger partial charge in [0.2, 0.25) is 5.91 Å². The average molecular weight is 369 g/mol. The lowest BCUT2D eigenvalue weighted by Gasteiger charge is -2.30. The molecular formula is C17H18Cl2N2O3. The molecule has 1 aromatic rings. The standard InChI is InChI=1S/C17H18Cl2N2O3/c1-10-2-5-20(6-3-10)15(22)4-7-21-16(23)11-8-13(18)14(19)9-12(11)17(21)24/h8-10H,2-7H2,1H3. The molecule has 24 heavy (non-hydrogen) atoms. The summed E-state index contributed by atoms with van der Waals surface area (Å²) in [6, 6.07) is 2.82. The van der Waals surface area contributed by atoms with E-state index in [1.54, 1.807) is 0 Å². The Morgan fingerprint density at radius 3 is 2.08 bits per heavy atom. The first kappa shape index (κ1) is 17.2. The fraction of sp³-hybridized carbons (Fsp3) is 0.471. The maximum Gasteiger partial charge on any atom is 0.261 e. The summed E-state index contributed by atoms with van der Waals surface area (Å²) in [5.41, 5.74) is 0.488. The first-order chi connectivity index (χ1) is 11.4. The van der Waals surface area contributed by atoms with Gasteiger partial charge < -0.3 is 4.90 Å². The van der Waals surface area contributed by atoms with Crippen molar-refractivity contribution >= 4 is 40.9 Å². The van der Waals surface area contributed by atoms with E-state index in [-0.39, 0.29) is 40.0 Å². The molecule has 7 heteroatoms. The summed E-state index contributed by atoms with van der Waals surface area (Å²) in [4.78, 5) is 40.0. The predicted octanol–water partition coefficient (Wildman–Crippen LogP) is 3.24. The van der Waals surface area contributed by atoms with Crippen LogP contribution >= 0.6 is 23.2 Å². The number of carbonyl (C=O) groups excluding carboxylic acids is 3. The Balaban J connectivity index is 1.65. The van der Waals surface area contributed by atoms with Crippen molar-refractivity contribution in [2.45, 2.75) is 26.2 Å². The fourth-order valence-corrected chi connectivity index (χ4v) is 3.44. The smallest absolute Gasteiger partial charge is 0.261 e. The van der Waals surface area contributed by atoms with Crippen molar-refractivity contribution in [3.8, 4) is 0 Å². The van der Waals surface area contributed by atoms with Gasteiger partial charge in [0, 0.05) is 26.1 Å². The van der Waals surface area contributed by atoms with Crippen LogP contribution in [-0.2, 0) is 4.79 Å². The van der Waals surface area contributed by atoms with Crippen LogP contribution in [0.2, 0.25) is 10.0 Å². The van der Waals surface area contributed by atoms with Crippen LogP contribution in [0.25, 0.3) is 0 Å². The second-order valence-electron chi connectivity index (χ2n) is 6.39. The molecule has 0 unspecified atom stereocenters. The lowest BCUT2D eigenvalue weighted by Crippen LogP contribution is -2.40. The van der Waals surface area contributed by atoms with Gasteiger partial charge in [-0.1, -0.05) is 30.1 Å². The SMILES string of the molecule is CC1CCN(C(=O)CCN2C(=O)c3cc(Cl)c(Cl)cc3C2=O)CC1. The molecule has 1 fully saturated rings. The molecule has 1 aromatic carbocycles. The van der Waals surface area contributed by atoms with Crippen LogP contribution in [0.15, 0.2) is 12.1 Å². The molecule has 3 rings (SSSR count). The third-order valence-corrected chi connectivity index (χ3v) is 5.42. The number of piperidine rings is 1. The van der Waals surface area contributed by atoms with E-state index in [0.717, 1.165) is 30.8 Å². The second-order valence-corrected chi connectivity index (χ2v) is 7.20. The van der Waals surface area contributed by atoms with E-state index in [4.69, 9.17) is 23.2 Å². The zero-order valence-corrected chi connectivity index (χ0v) is 14.9. The number of halogens is 2. The van der Waals surface area contributed by atoms with Crippen molar-refractivity contribution in [2.75, 3.05) is 19.6 Å².